The van der Waals surface area contributed by atoms with Gasteiger partial charge in [-0.1, -0.05) is 29.4 Å². The summed E-state index contributed by atoms with van der Waals surface area (Å²) in [6.07, 6.45) is 0. The van der Waals surface area contributed by atoms with Crippen LogP contribution in [-0.2, 0) is 4.79 Å². The highest BCUT2D eigenvalue weighted by Crippen LogP contribution is 2.31. The van der Waals surface area contributed by atoms with E-state index in [-0.39, 0.29) is 5.91 Å². The lowest BCUT2D eigenvalue weighted by Crippen LogP contribution is -2.22. The van der Waals surface area contributed by atoms with Crippen molar-refractivity contribution in [3.63, 3.8) is 0 Å². The number of thioether (sulfide) groups is 1. The molecule has 0 bridgehead atoms. The quantitative estimate of drug-likeness (QED) is 0.589. The Kier molecular flexibility index (Phi) is 6.19. The average molecular weight is 414 g/mol. The molecular weight excluding hydrogens is 398 g/mol. The number of anilines is 1. The fourth-order valence-electron chi connectivity index (χ4n) is 2.41. The summed E-state index contributed by atoms with van der Waals surface area (Å²) < 4.78 is 5.33. The van der Waals surface area contributed by atoms with Crippen LogP contribution in [0.25, 0.3) is 11.4 Å². The first-order chi connectivity index (χ1) is 13.5. The number of ether oxygens (including phenoxy) is 1. The fraction of sp³-hybridized carbons (Fsp3) is 0.158. The standard InChI is InChI=1S/C19H16ClN5O2S/c1-11(18(26)22-14-5-3-4-12(8-14)10-21)28-19-23-17(24-25-19)15-9-13(20)6-7-16(15)27-2/h3-9,11H,1-2H3,(H,22,26)(H,23,24,25)/t11-/m1/s1. The van der Waals surface area contributed by atoms with Gasteiger partial charge in [0.1, 0.15) is 5.75 Å². The SMILES string of the molecule is COc1ccc(Cl)cc1-c1nc(S[C@H](C)C(=O)Nc2cccc(C#N)c2)n[nH]1. The molecule has 0 aliphatic heterocycles. The predicted molar refractivity (Wildman–Crippen MR) is 108 cm³/mol. The third kappa shape index (κ3) is 4.63. The molecule has 0 radical (unpaired) electrons. The lowest BCUT2D eigenvalue weighted by atomic mass is 10.2. The minimum absolute atomic E-state index is 0.216. The summed E-state index contributed by atoms with van der Waals surface area (Å²) in [5.41, 5.74) is 1.72. The van der Waals surface area contributed by atoms with Crippen LogP contribution in [0.1, 0.15) is 12.5 Å². The smallest absolute Gasteiger partial charge is 0.237 e. The summed E-state index contributed by atoms with van der Waals surface area (Å²) in [6, 6.07) is 14.0. The van der Waals surface area contributed by atoms with E-state index in [1.807, 2.05) is 6.07 Å². The lowest BCUT2D eigenvalue weighted by Gasteiger charge is -2.10. The first-order valence-corrected chi connectivity index (χ1v) is 9.50. The molecule has 1 aromatic heterocycles. The number of hydrogen-bond acceptors (Lipinski definition) is 6. The largest absolute Gasteiger partial charge is 0.496 e. The van der Waals surface area contributed by atoms with Crippen molar-refractivity contribution in [1.29, 1.82) is 5.26 Å². The molecule has 1 atom stereocenters. The van der Waals surface area contributed by atoms with Gasteiger partial charge in [-0.2, -0.15) is 5.26 Å². The number of nitrogens with zero attached hydrogens (tertiary/aromatic N) is 3. The summed E-state index contributed by atoms with van der Waals surface area (Å²) in [7, 11) is 1.56. The summed E-state index contributed by atoms with van der Waals surface area (Å²) in [5.74, 6) is 0.892. The summed E-state index contributed by atoms with van der Waals surface area (Å²) in [4.78, 5) is 16.8. The van der Waals surface area contributed by atoms with Crippen LogP contribution < -0.4 is 10.1 Å². The Morgan fingerprint density at radius 1 is 1.36 bits per heavy atom. The third-order valence-corrected chi connectivity index (χ3v) is 4.99. The van der Waals surface area contributed by atoms with E-state index in [1.165, 1.54) is 11.8 Å². The molecule has 0 aliphatic rings. The molecule has 3 aromatic rings. The average Bonchev–Trinajstić information content (AvgIpc) is 3.16. The van der Waals surface area contributed by atoms with E-state index in [0.29, 0.717) is 38.6 Å². The molecule has 28 heavy (non-hydrogen) atoms. The van der Waals surface area contributed by atoms with Gasteiger partial charge in [0.05, 0.1) is 29.6 Å². The number of aromatic amines is 1. The van der Waals surface area contributed by atoms with Crippen molar-refractivity contribution in [3.8, 4) is 23.2 Å². The molecule has 0 saturated carbocycles. The van der Waals surface area contributed by atoms with E-state index in [4.69, 9.17) is 21.6 Å². The first-order valence-electron chi connectivity index (χ1n) is 8.24. The Morgan fingerprint density at radius 3 is 2.93 bits per heavy atom. The maximum Gasteiger partial charge on any atom is 0.237 e. The Hall–Kier alpha value is -3.02. The Morgan fingerprint density at radius 2 is 2.18 bits per heavy atom. The van der Waals surface area contributed by atoms with Crippen LogP contribution in [0.3, 0.4) is 0 Å². The molecule has 0 saturated heterocycles. The summed E-state index contributed by atoms with van der Waals surface area (Å²) in [5, 5.41) is 19.3. The van der Waals surface area contributed by atoms with Crippen LogP contribution in [0.5, 0.6) is 5.75 Å². The molecule has 0 unspecified atom stereocenters. The number of methoxy groups -OCH3 is 1. The number of rotatable bonds is 6. The summed E-state index contributed by atoms with van der Waals surface area (Å²) >= 11 is 7.27. The topological polar surface area (TPSA) is 104 Å². The zero-order valence-electron chi connectivity index (χ0n) is 15.1. The highest BCUT2D eigenvalue weighted by atomic mass is 35.5. The Labute approximate surface area is 171 Å². The second kappa shape index (κ2) is 8.78. The van der Waals surface area contributed by atoms with Gasteiger partial charge < -0.3 is 10.1 Å². The van der Waals surface area contributed by atoms with Crippen LogP contribution in [0.4, 0.5) is 5.69 Å². The van der Waals surface area contributed by atoms with E-state index in [2.05, 4.69) is 20.5 Å². The van der Waals surface area contributed by atoms with Gasteiger partial charge in [0.15, 0.2) is 5.82 Å². The maximum absolute atomic E-state index is 12.4. The second-order valence-corrected chi connectivity index (χ2v) is 7.50. The Balaban J connectivity index is 1.70. The monoisotopic (exact) mass is 413 g/mol. The van der Waals surface area contributed by atoms with Gasteiger partial charge in [0.25, 0.3) is 0 Å². The van der Waals surface area contributed by atoms with E-state index >= 15 is 0 Å². The molecule has 0 spiro atoms. The number of hydrogen-bond donors (Lipinski definition) is 2. The van der Waals surface area contributed by atoms with Crippen molar-refractivity contribution in [3.05, 3.63) is 53.1 Å². The van der Waals surface area contributed by atoms with Gasteiger partial charge in [-0.05, 0) is 43.3 Å². The molecule has 9 heteroatoms. The number of benzene rings is 2. The minimum Gasteiger partial charge on any atom is -0.496 e. The second-order valence-electron chi connectivity index (χ2n) is 5.75. The van der Waals surface area contributed by atoms with Crippen molar-refractivity contribution in [2.45, 2.75) is 17.3 Å². The van der Waals surface area contributed by atoms with Crippen molar-refractivity contribution >= 4 is 35.0 Å². The van der Waals surface area contributed by atoms with Gasteiger partial charge in [0, 0.05) is 10.7 Å². The molecule has 7 nitrogen and oxygen atoms in total. The van der Waals surface area contributed by atoms with Crippen LogP contribution >= 0.6 is 23.4 Å². The maximum atomic E-state index is 12.4. The normalized spacial score (nSPS) is 11.5. The molecule has 2 N–H and O–H groups in total. The van der Waals surface area contributed by atoms with Gasteiger partial charge in [0.2, 0.25) is 11.1 Å². The predicted octanol–water partition coefficient (Wildman–Crippen LogP) is 4.12. The van der Waals surface area contributed by atoms with Crippen molar-refractivity contribution in [1.82, 2.24) is 15.2 Å². The molecule has 0 aliphatic carbocycles. The number of aromatic nitrogens is 3. The van der Waals surface area contributed by atoms with Crippen LogP contribution in [-0.4, -0.2) is 33.4 Å². The number of halogens is 1. The molecule has 2 aromatic carbocycles. The molecule has 1 amide bonds. The number of nitrogens with one attached hydrogen (secondary N) is 2. The van der Waals surface area contributed by atoms with E-state index in [9.17, 15) is 4.79 Å². The van der Waals surface area contributed by atoms with Crippen LogP contribution in [0.2, 0.25) is 5.02 Å². The minimum atomic E-state index is -0.448. The van der Waals surface area contributed by atoms with E-state index in [1.54, 1.807) is 56.5 Å². The number of amides is 1. The Bertz CT molecular complexity index is 1050. The number of carbonyl (C=O) groups excluding carboxylic acids is 1. The van der Waals surface area contributed by atoms with Gasteiger partial charge in [-0.15, -0.1) is 5.10 Å². The third-order valence-electron chi connectivity index (χ3n) is 3.79. The van der Waals surface area contributed by atoms with E-state index in [0.717, 1.165) is 0 Å². The van der Waals surface area contributed by atoms with Crippen molar-refractivity contribution < 1.29 is 9.53 Å². The zero-order valence-corrected chi connectivity index (χ0v) is 16.6. The van der Waals surface area contributed by atoms with Crippen molar-refractivity contribution in [2.24, 2.45) is 0 Å². The van der Waals surface area contributed by atoms with Crippen molar-refractivity contribution in [2.75, 3.05) is 12.4 Å². The van der Waals surface area contributed by atoms with Crippen LogP contribution in [0.15, 0.2) is 47.6 Å². The highest BCUT2D eigenvalue weighted by Gasteiger charge is 2.19. The first kappa shape index (κ1) is 19.7. The molecule has 0 fully saturated rings. The lowest BCUT2D eigenvalue weighted by molar-refractivity contribution is -0.115. The number of carbonyl (C=O) groups is 1. The summed E-state index contributed by atoms with van der Waals surface area (Å²) in [6.45, 7) is 1.75. The van der Waals surface area contributed by atoms with Gasteiger partial charge in [-0.25, -0.2) is 4.98 Å². The van der Waals surface area contributed by atoms with Gasteiger partial charge in [-0.3, -0.25) is 9.89 Å². The van der Waals surface area contributed by atoms with Gasteiger partial charge >= 0.3 is 0 Å². The molecular formula is C19H16ClN5O2S. The molecule has 142 valence electrons. The van der Waals surface area contributed by atoms with Crippen LogP contribution in [0, 0.1) is 11.3 Å². The fourth-order valence-corrected chi connectivity index (χ4v) is 3.30. The molecule has 3 rings (SSSR count). The zero-order chi connectivity index (χ0) is 20.1. The molecule has 1 heterocycles. The van der Waals surface area contributed by atoms with E-state index < -0.39 is 5.25 Å². The number of H-pyrrole nitrogens is 1. The number of nitriles is 1. The highest BCUT2D eigenvalue weighted by molar-refractivity contribution is 8.00.